The van der Waals surface area contributed by atoms with Crippen LogP contribution < -0.4 is 11.2 Å². The molecule has 0 spiro atoms. The lowest BCUT2D eigenvalue weighted by Crippen LogP contribution is -2.54. The van der Waals surface area contributed by atoms with Gasteiger partial charge in [-0.05, 0) is 26.7 Å². The Bertz CT molecular complexity index is 234. The molecule has 17 heavy (non-hydrogen) atoms. The Morgan fingerprint density at radius 2 is 2.06 bits per heavy atom. The van der Waals surface area contributed by atoms with Gasteiger partial charge in [-0.1, -0.05) is 6.42 Å². The average molecular weight is 243 g/mol. The van der Waals surface area contributed by atoms with E-state index in [2.05, 4.69) is 24.3 Å². The van der Waals surface area contributed by atoms with Crippen LogP contribution in [-0.2, 0) is 9.53 Å². The van der Waals surface area contributed by atoms with Crippen LogP contribution in [0.2, 0.25) is 0 Å². The van der Waals surface area contributed by atoms with Crippen molar-refractivity contribution in [2.75, 3.05) is 13.7 Å². The molecule has 0 bridgehead atoms. The molecule has 1 fully saturated rings. The van der Waals surface area contributed by atoms with Gasteiger partial charge in [-0.2, -0.15) is 0 Å². The van der Waals surface area contributed by atoms with Crippen LogP contribution >= 0.6 is 0 Å². The number of carbonyl (C=O) groups is 1. The minimum atomic E-state index is -0.189. The van der Waals surface area contributed by atoms with Gasteiger partial charge in [0.05, 0.1) is 12.5 Å². The van der Waals surface area contributed by atoms with Gasteiger partial charge in [0.15, 0.2) is 0 Å². The predicted octanol–water partition coefficient (Wildman–Crippen LogP) is 0.644. The van der Waals surface area contributed by atoms with E-state index < -0.39 is 0 Å². The van der Waals surface area contributed by atoms with Crippen LogP contribution in [0.3, 0.4) is 0 Å². The van der Waals surface area contributed by atoms with Gasteiger partial charge in [0, 0.05) is 25.7 Å². The molecule has 0 aromatic rings. The van der Waals surface area contributed by atoms with Crippen molar-refractivity contribution in [3.8, 4) is 0 Å². The Morgan fingerprint density at radius 1 is 1.47 bits per heavy atom. The lowest BCUT2D eigenvalue weighted by atomic mass is 10.00. The summed E-state index contributed by atoms with van der Waals surface area (Å²) in [5.41, 5.74) is 8.48. The fourth-order valence-electron chi connectivity index (χ4n) is 2.30. The van der Waals surface area contributed by atoms with Gasteiger partial charge >= 0.3 is 0 Å². The second-order valence-electron chi connectivity index (χ2n) is 4.87. The number of ether oxygens (including phenoxy) is 1. The lowest BCUT2D eigenvalue weighted by Gasteiger charge is -2.38. The molecule has 3 N–H and O–H groups in total. The van der Waals surface area contributed by atoms with Gasteiger partial charge in [0.2, 0.25) is 5.91 Å². The van der Waals surface area contributed by atoms with Gasteiger partial charge in [0.25, 0.3) is 0 Å². The van der Waals surface area contributed by atoms with Crippen LogP contribution in [0.1, 0.15) is 39.5 Å². The van der Waals surface area contributed by atoms with Crippen LogP contribution in [0, 0.1) is 0 Å². The molecule has 0 saturated carbocycles. The van der Waals surface area contributed by atoms with E-state index in [1.165, 1.54) is 6.42 Å². The van der Waals surface area contributed by atoms with Gasteiger partial charge in [0.1, 0.15) is 0 Å². The molecule has 3 atom stereocenters. The zero-order chi connectivity index (χ0) is 12.8. The van der Waals surface area contributed by atoms with Crippen LogP contribution in [0.25, 0.3) is 0 Å². The number of rotatable bonds is 5. The first-order valence-corrected chi connectivity index (χ1v) is 6.39. The number of piperidine rings is 1. The summed E-state index contributed by atoms with van der Waals surface area (Å²) < 4.78 is 5.11. The second kappa shape index (κ2) is 6.93. The van der Waals surface area contributed by atoms with Crippen LogP contribution in [0.4, 0.5) is 0 Å². The molecule has 0 radical (unpaired) electrons. The highest BCUT2D eigenvalue weighted by molar-refractivity contribution is 5.76. The van der Waals surface area contributed by atoms with Crippen molar-refractivity contribution in [3.05, 3.63) is 0 Å². The minimum Gasteiger partial charge on any atom is -0.380 e. The van der Waals surface area contributed by atoms with Crippen LogP contribution in [0.5, 0.6) is 0 Å². The number of amides is 1. The van der Waals surface area contributed by atoms with E-state index in [-0.39, 0.29) is 12.0 Å². The maximum absolute atomic E-state index is 11.8. The van der Waals surface area contributed by atoms with Gasteiger partial charge < -0.3 is 10.5 Å². The number of carbonyl (C=O) groups excluding carboxylic acids is 1. The third-order valence-electron chi connectivity index (χ3n) is 3.46. The van der Waals surface area contributed by atoms with Crippen LogP contribution in [-0.4, -0.2) is 42.8 Å². The van der Waals surface area contributed by atoms with Gasteiger partial charge in [-0.15, -0.1) is 0 Å². The molecule has 0 aliphatic carbocycles. The Balaban J connectivity index is 2.43. The summed E-state index contributed by atoms with van der Waals surface area (Å²) in [7, 11) is 1.58. The summed E-state index contributed by atoms with van der Waals surface area (Å²) in [4.78, 5) is 11.8. The normalized spacial score (nSPS) is 27.8. The molecule has 0 aromatic heterocycles. The zero-order valence-electron chi connectivity index (χ0n) is 11.1. The number of methoxy groups -OCH3 is 1. The van der Waals surface area contributed by atoms with Crippen molar-refractivity contribution in [2.45, 2.75) is 57.7 Å². The van der Waals surface area contributed by atoms with E-state index in [4.69, 9.17) is 10.5 Å². The molecular weight excluding hydrogens is 218 g/mol. The zero-order valence-corrected chi connectivity index (χ0v) is 11.1. The lowest BCUT2D eigenvalue weighted by molar-refractivity contribution is -0.131. The number of hydrazine groups is 1. The maximum Gasteiger partial charge on any atom is 0.236 e. The highest BCUT2D eigenvalue weighted by Crippen LogP contribution is 2.20. The Hall–Kier alpha value is -0.650. The molecule has 5 heteroatoms. The monoisotopic (exact) mass is 243 g/mol. The molecule has 5 nitrogen and oxygen atoms in total. The smallest absolute Gasteiger partial charge is 0.236 e. The Kier molecular flexibility index (Phi) is 5.88. The standard InChI is InChI=1S/C12H25N3O2/c1-9-5-4-6-10(2)15(9)14-12(16)7-11(8-13)17-3/h9-11H,4-8,13H2,1-3H3,(H,14,16). The van der Waals surface area contributed by atoms with Crippen LogP contribution in [0.15, 0.2) is 0 Å². The quantitative estimate of drug-likeness (QED) is 0.744. The number of nitrogens with zero attached hydrogens (tertiary/aromatic N) is 1. The van der Waals surface area contributed by atoms with E-state index in [9.17, 15) is 4.79 Å². The van der Waals surface area contributed by atoms with Crippen molar-refractivity contribution < 1.29 is 9.53 Å². The first kappa shape index (κ1) is 14.4. The summed E-state index contributed by atoms with van der Waals surface area (Å²) in [5, 5.41) is 2.06. The minimum absolute atomic E-state index is 0.0112. The number of hydrogen-bond donors (Lipinski definition) is 2. The number of nitrogens with one attached hydrogen (secondary N) is 1. The van der Waals surface area contributed by atoms with E-state index in [1.54, 1.807) is 7.11 Å². The SMILES string of the molecule is COC(CN)CC(=O)NN1C(C)CCCC1C. The van der Waals surface area contributed by atoms with Crippen molar-refractivity contribution in [2.24, 2.45) is 5.73 Å². The molecule has 1 aliphatic heterocycles. The van der Waals surface area contributed by atoms with E-state index in [1.807, 2.05) is 0 Å². The topological polar surface area (TPSA) is 67.6 Å². The third-order valence-corrected chi connectivity index (χ3v) is 3.46. The first-order chi connectivity index (χ1) is 8.08. The highest BCUT2D eigenvalue weighted by Gasteiger charge is 2.26. The number of hydrogen-bond acceptors (Lipinski definition) is 4. The Labute approximate surface area is 104 Å². The largest absolute Gasteiger partial charge is 0.380 e. The predicted molar refractivity (Wildman–Crippen MR) is 67.2 cm³/mol. The first-order valence-electron chi connectivity index (χ1n) is 6.39. The molecule has 1 aliphatic rings. The maximum atomic E-state index is 11.8. The van der Waals surface area contributed by atoms with Gasteiger partial charge in [-0.25, -0.2) is 5.01 Å². The molecule has 1 heterocycles. The van der Waals surface area contributed by atoms with Crippen molar-refractivity contribution in [1.29, 1.82) is 0 Å². The molecule has 1 rings (SSSR count). The van der Waals surface area contributed by atoms with E-state index >= 15 is 0 Å². The fourth-order valence-corrected chi connectivity index (χ4v) is 2.30. The second-order valence-corrected chi connectivity index (χ2v) is 4.87. The summed E-state index contributed by atoms with van der Waals surface area (Å²) in [6, 6.07) is 0.808. The highest BCUT2D eigenvalue weighted by atomic mass is 16.5. The molecule has 1 saturated heterocycles. The van der Waals surface area contributed by atoms with Crippen molar-refractivity contribution in [3.63, 3.8) is 0 Å². The number of nitrogens with two attached hydrogens (primary N) is 1. The van der Waals surface area contributed by atoms with Crippen molar-refractivity contribution in [1.82, 2.24) is 10.4 Å². The third kappa shape index (κ3) is 4.26. The summed E-state index contributed by atoms with van der Waals surface area (Å²) in [5.74, 6) is -0.0112. The molecule has 1 amide bonds. The van der Waals surface area contributed by atoms with Crippen molar-refractivity contribution >= 4 is 5.91 Å². The summed E-state index contributed by atoms with van der Waals surface area (Å²) >= 11 is 0. The average Bonchev–Trinajstić information content (AvgIpc) is 2.31. The molecule has 100 valence electrons. The molecule has 0 aromatic carbocycles. The fraction of sp³-hybridized carbons (Fsp3) is 0.917. The Morgan fingerprint density at radius 3 is 2.53 bits per heavy atom. The summed E-state index contributed by atoms with van der Waals surface area (Å²) in [6.07, 6.45) is 3.64. The van der Waals surface area contributed by atoms with E-state index in [0.29, 0.717) is 25.0 Å². The van der Waals surface area contributed by atoms with E-state index in [0.717, 1.165) is 12.8 Å². The van der Waals surface area contributed by atoms with Gasteiger partial charge in [-0.3, -0.25) is 10.2 Å². The molecule has 3 unspecified atom stereocenters. The summed E-state index contributed by atoms with van der Waals surface area (Å²) in [6.45, 7) is 4.66. The molecular formula is C12H25N3O2.